The topological polar surface area (TPSA) is 79.3 Å². The van der Waals surface area contributed by atoms with E-state index in [0.717, 1.165) is 11.6 Å². The highest BCUT2D eigenvalue weighted by atomic mass is 79.9. The number of hydrogen-bond acceptors (Lipinski definition) is 5. The van der Waals surface area contributed by atoms with Crippen LogP contribution in [0.25, 0.3) is 0 Å². The smallest absolute Gasteiger partial charge is 0.407 e. The highest BCUT2D eigenvalue weighted by Gasteiger charge is 2.30. The molecule has 10 heteroatoms. The van der Waals surface area contributed by atoms with Crippen molar-refractivity contribution in [3.05, 3.63) is 62.8 Å². The van der Waals surface area contributed by atoms with Gasteiger partial charge in [0.2, 0.25) is 0 Å². The molecule has 0 radical (unpaired) electrons. The molecule has 1 aliphatic heterocycles. The lowest BCUT2D eigenvalue weighted by Gasteiger charge is -2.40. The summed E-state index contributed by atoms with van der Waals surface area (Å²) in [6.45, 7) is 2.15. The molecule has 2 aromatic carbocycles. The number of carbonyl (C=O) groups excluding carboxylic acids is 1. The van der Waals surface area contributed by atoms with E-state index in [1.54, 1.807) is 0 Å². The van der Waals surface area contributed by atoms with Crippen molar-refractivity contribution in [2.75, 3.05) is 33.4 Å². The lowest BCUT2D eigenvalue weighted by molar-refractivity contribution is 0.0531. The fraction of sp³-hybridized carbons (Fsp3) is 0.364. The fourth-order valence-corrected chi connectivity index (χ4v) is 4.19. The van der Waals surface area contributed by atoms with Crippen LogP contribution in [0.4, 0.5) is 9.18 Å². The van der Waals surface area contributed by atoms with Gasteiger partial charge in [-0.15, -0.1) is 0 Å². The van der Waals surface area contributed by atoms with E-state index >= 15 is 0 Å². The number of amides is 1. The molecule has 1 aliphatic rings. The van der Waals surface area contributed by atoms with Crippen LogP contribution in [-0.4, -0.2) is 66.4 Å². The Labute approximate surface area is 198 Å². The second-order valence-electron chi connectivity index (χ2n) is 7.33. The zero-order valence-electron chi connectivity index (χ0n) is 17.4. The van der Waals surface area contributed by atoms with E-state index in [-0.39, 0.29) is 33.5 Å². The molecule has 0 aliphatic carbocycles. The monoisotopic (exact) mass is 528 g/mol. The summed E-state index contributed by atoms with van der Waals surface area (Å²) in [5, 5.41) is 9.35. The number of nitrogens with zero attached hydrogens (tertiary/aromatic N) is 2. The summed E-state index contributed by atoms with van der Waals surface area (Å²) in [4.78, 5) is 27.2. The number of carboxylic acid groups (broad SMARTS) is 1. The number of benzene rings is 2. The zero-order valence-corrected chi connectivity index (χ0v) is 19.7. The first kappa shape index (κ1) is 24.3. The lowest BCUT2D eigenvalue weighted by atomic mass is 10.1. The van der Waals surface area contributed by atoms with Crippen LogP contribution in [0.1, 0.15) is 22.3 Å². The zero-order chi connectivity index (χ0) is 23.3. The third kappa shape index (κ3) is 5.70. The van der Waals surface area contributed by atoms with Gasteiger partial charge in [-0.25, -0.2) is 14.0 Å². The average molecular weight is 530 g/mol. The first-order chi connectivity index (χ1) is 15.3. The number of esters is 1. The molecular weight excluding hydrogens is 507 g/mol. The lowest BCUT2D eigenvalue weighted by Crippen LogP contribution is -2.54. The van der Waals surface area contributed by atoms with Gasteiger partial charge in [-0.2, -0.15) is 0 Å². The number of piperazine rings is 1. The Kier molecular flexibility index (Phi) is 8.33. The molecule has 0 bridgehead atoms. The third-order valence-corrected chi connectivity index (χ3v) is 6.69. The summed E-state index contributed by atoms with van der Waals surface area (Å²) in [5.41, 5.74) is 1.01. The number of carbonyl (C=O) groups is 2. The molecule has 3 rings (SSSR count). The number of halogens is 3. The van der Waals surface area contributed by atoms with E-state index in [1.165, 1.54) is 12.0 Å². The quantitative estimate of drug-likeness (QED) is 0.415. The van der Waals surface area contributed by atoms with Crippen molar-refractivity contribution in [3.63, 3.8) is 0 Å². The summed E-state index contributed by atoms with van der Waals surface area (Å²) in [5.74, 6) is -1.46. The fourth-order valence-electron chi connectivity index (χ4n) is 3.64. The highest BCUT2D eigenvalue weighted by molar-refractivity contribution is 9.10. The molecule has 172 valence electrons. The van der Waals surface area contributed by atoms with E-state index in [2.05, 4.69) is 20.8 Å². The molecule has 2 aromatic rings. The molecular formula is C22H23BrClFN2O5. The van der Waals surface area contributed by atoms with Crippen LogP contribution in [-0.2, 0) is 11.3 Å². The Morgan fingerprint density at radius 3 is 2.66 bits per heavy atom. The van der Waals surface area contributed by atoms with Crippen molar-refractivity contribution in [1.82, 2.24) is 9.80 Å². The predicted molar refractivity (Wildman–Crippen MR) is 121 cm³/mol. The minimum atomic E-state index is -0.964. The Morgan fingerprint density at radius 1 is 1.28 bits per heavy atom. The molecule has 1 N–H and O–H groups in total. The van der Waals surface area contributed by atoms with Crippen LogP contribution in [0, 0.1) is 5.82 Å². The van der Waals surface area contributed by atoms with Crippen molar-refractivity contribution in [3.8, 4) is 5.75 Å². The van der Waals surface area contributed by atoms with Crippen LogP contribution < -0.4 is 4.74 Å². The van der Waals surface area contributed by atoms with E-state index in [4.69, 9.17) is 21.1 Å². The maximum absolute atomic E-state index is 14.0. The molecule has 7 nitrogen and oxygen atoms in total. The molecule has 0 aromatic heterocycles. The van der Waals surface area contributed by atoms with Crippen LogP contribution in [0.3, 0.4) is 0 Å². The SMILES string of the molecule is COC(=O)c1cc(F)c(Br)c(Cl)c1OCC[C@H]1CN(C(=O)O)CCN1Cc1ccccc1. The number of hydrogen-bond donors (Lipinski definition) is 1. The summed E-state index contributed by atoms with van der Waals surface area (Å²) < 4.78 is 24.5. The third-order valence-electron chi connectivity index (χ3n) is 5.32. The average Bonchev–Trinajstić information content (AvgIpc) is 2.79. The Balaban J connectivity index is 1.74. The molecule has 32 heavy (non-hydrogen) atoms. The van der Waals surface area contributed by atoms with E-state index in [1.807, 2.05) is 30.3 Å². The van der Waals surface area contributed by atoms with Crippen molar-refractivity contribution in [1.29, 1.82) is 0 Å². The first-order valence-corrected chi connectivity index (χ1v) is 11.1. The predicted octanol–water partition coefficient (Wildman–Crippen LogP) is 4.66. The molecule has 1 saturated heterocycles. The molecule has 0 spiro atoms. The van der Waals surface area contributed by atoms with Crippen LogP contribution in [0.5, 0.6) is 5.75 Å². The summed E-state index contributed by atoms with van der Waals surface area (Å²) >= 11 is 9.27. The van der Waals surface area contributed by atoms with Gasteiger partial charge in [-0.05, 0) is 34.0 Å². The summed E-state index contributed by atoms with van der Waals surface area (Å²) in [6.07, 6.45) is -0.489. The standard InChI is InChI=1S/C22H23BrClFN2O5/c1-31-21(28)16-11-17(25)18(23)19(24)20(16)32-10-7-15-13-27(22(29)30)9-8-26(15)12-14-5-3-2-4-6-14/h2-6,11,15H,7-10,12-13H2,1H3,(H,29,30)/t15-/m0/s1. The van der Waals surface area contributed by atoms with Gasteiger partial charge < -0.3 is 19.5 Å². The van der Waals surface area contributed by atoms with Crippen molar-refractivity contribution < 1.29 is 28.6 Å². The van der Waals surface area contributed by atoms with Crippen LogP contribution in [0.2, 0.25) is 5.02 Å². The van der Waals surface area contributed by atoms with Gasteiger partial charge in [0.25, 0.3) is 0 Å². The molecule has 1 atom stereocenters. The molecule has 0 unspecified atom stereocenters. The van der Waals surface area contributed by atoms with Crippen LogP contribution >= 0.6 is 27.5 Å². The molecule has 0 saturated carbocycles. The molecule has 1 fully saturated rings. The van der Waals surface area contributed by atoms with Crippen molar-refractivity contribution in [2.45, 2.75) is 19.0 Å². The first-order valence-electron chi connectivity index (χ1n) is 9.96. The number of ether oxygens (including phenoxy) is 2. The molecule has 1 heterocycles. The van der Waals surface area contributed by atoms with Gasteiger partial charge in [0.05, 0.1) is 18.2 Å². The largest absolute Gasteiger partial charge is 0.491 e. The maximum atomic E-state index is 14.0. The highest BCUT2D eigenvalue weighted by Crippen LogP contribution is 2.38. The van der Waals surface area contributed by atoms with Gasteiger partial charge in [-0.1, -0.05) is 41.9 Å². The van der Waals surface area contributed by atoms with Gasteiger partial charge >= 0.3 is 12.1 Å². The van der Waals surface area contributed by atoms with Crippen molar-refractivity contribution >= 4 is 39.6 Å². The van der Waals surface area contributed by atoms with Gasteiger partial charge in [0, 0.05) is 32.2 Å². The second kappa shape index (κ2) is 11.0. The Morgan fingerprint density at radius 2 is 2.00 bits per heavy atom. The molecule has 1 amide bonds. The number of rotatable bonds is 7. The second-order valence-corrected chi connectivity index (χ2v) is 8.50. The Bertz CT molecular complexity index is 979. The van der Waals surface area contributed by atoms with Gasteiger partial charge in [0.15, 0.2) is 5.75 Å². The minimum Gasteiger partial charge on any atom is -0.491 e. The van der Waals surface area contributed by atoms with Gasteiger partial charge in [-0.3, -0.25) is 4.90 Å². The minimum absolute atomic E-state index is 0.0118. The number of methoxy groups -OCH3 is 1. The Hall–Kier alpha value is -2.36. The van der Waals surface area contributed by atoms with E-state index in [0.29, 0.717) is 32.6 Å². The van der Waals surface area contributed by atoms with E-state index < -0.39 is 17.9 Å². The normalized spacial score (nSPS) is 16.6. The maximum Gasteiger partial charge on any atom is 0.407 e. The van der Waals surface area contributed by atoms with Crippen molar-refractivity contribution in [2.24, 2.45) is 0 Å². The summed E-state index contributed by atoms with van der Waals surface area (Å²) in [7, 11) is 1.18. The summed E-state index contributed by atoms with van der Waals surface area (Å²) in [6, 6.07) is 10.8. The van der Waals surface area contributed by atoms with Gasteiger partial charge in [0.1, 0.15) is 16.4 Å². The van der Waals surface area contributed by atoms with Crippen LogP contribution in [0.15, 0.2) is 40.9 Å². The van der Waals surface area contributed by atoms with E-state index in [9.17, 15) is 19.1 Å².